The molecular formula is C25H29ClFNO4S3. The van der Waals surface area contributed by atoms with Crippen molar-refractivity contribution in [3.05, 3.63) is 57.9 Å². The lowest BCUT2D eigenvalue weighted by Gasteiger charge is -2.24. The summed E-state index contributed by atoms with van der Waals surface area (Å²) in [5, 5.41) is 9.43. The van der Waals surface area contributed by atoms with Crippen molar-refractivity contribution in [1.29, 1.82) is 0 Å². The average molecular weight is 558 g/mol. The van der Waals surface area contributed by atoms with Crippen LogP contribution in [0.3, 0.4) is 0 Å². The Hall–Kier alpha value is -1.65. The second-order valence-corrected chi connectivity index (χ2v) is 13.7. The predicted molar refractivity (Wildman–Crippen MR) is 143 cm³/mol. The third-order valence-electron chi connectivity index (χ3n) is 5.70. The summed E-state index contributed by atoms with van der Waals surface area (Å²) in [4.78, 5) is 11.9. The predicted octanol–water partition coefficient (Wildman–Crippen LogP) is 6.91. The molecule has 0 aliphatic carbocycles. The number of hydrogen-bond donors (Lipinski definition) is 1. The SMILES string of the molecule is CCCN(CC(C)Sc1ccc(CCC(=O)O)c(C)c1)S(=O)(=O)c1sc2cc(Cl)c(F)cc2c1C. The molecule has 35 heavy (non-hydrogen) atoms. The van der Waals surface area contributed by atoms with Gasteiger partial charge in [-0.05, 0) is 73.0 Å². The van der Waals surface area contributed by atoms with Gasteiger partial charge in [-0.1, -0.05) is 31.5 Å². The first-order chi connectivity index (χ1) is 16.4. The molecule has 0 radical (unpaired) electrons. The molecule has 0 fully saturated rings. The number of aliphatic carboxylic acids is 1. The molecule has 190 valence electrons. The lowest BCUT2D eigenvalue weighted by molar-refractivity contribution is -0.136. The van der Waals surface area contributed by atoms with Gasteiger partial charge in [0.1, 0.15) is 10.0 Å². The van der Waals surface area contributed by atoms with E-state index in [2.05, 4.69) is 0 Å². The molecule has 1 heterocycles. The monoisotopic (exact) mass is 557 g/mol. The van der Waals surface area contributed by atoms with E-state index in [0.29, 0.717) is 41.6 Å². The van der Waals surface area contributed by atoms with E-state index in [9.17, 15) is 17.6 Å². The molecule has 10 heteroatoms. The summed E-state index contributed by atoms with van der Waals surface area (Å²) in [5.41, 5.74) is 2.55. The van der Waals surface area contributed by atoms with Crippen molar-refractivity contribution in [2.75, 3.05) is 13.1 Å². The summed E-state index contributed by atoms with van der Waals surface area (Å²) in [6, 6.07) is 8.70. The first kappa shape index (κ1) is 27.9. The number of thiophene rings is 1. The summed E-state index contributed by atoms with van der Waals surface area (Å²) in [6.07, 6.45) is 1.23. The normalized spacial score (nSPS) is 13.0. The second-order valence-electron chi connectivity index (χ2n) is 8.55. The summed E-state index contributed by atoms with van der Waals surface area (Å²) in [6.45, 7) is 8.29. The van der Waals surface area contributed by atoms with E-state index in [1.807, 2.05) is 39.0 Å². The zero-order valence-corrected chi connectivity index (χ0v) is 23.3. The summed E-state index contributed by atoms with van der Waals surface area (Å²) < 4.78 is 43.7. The smallest absolute Gasteiger partial charge is 0.303 e. The fourth-order valence-electron chi connectivity index (χ4n) is 3.93. The first-order valence-electron chi connectivity index (χ1n) is 11.3. The number of rotatable bonds is 11. The van der Waals surface area contributed by atoms with Crippen LogP contribution < -0.4 is 0 Å². The zero-order valence-electron chi connectivity index (χ0n) is 20.1. The number of nitrogens with zero attached hydrogens (tertiary/aromatic N) is 1. The molecule has 5 nitrogen and oxygen atoms in total. The van der Waals surface area contributed by atoms with Gasteiger partial charge >= 0.3 is 5.97 Å². The molecule has 0 saturated heterocycles. The molecule has 1 N–H and O–H groups in total. The molecule has 0 spiro atoms. The van der Waals surface area contributed by atoms with Gasteiger partial charge in [-0.3, -0.25) is 4.79 Å². The minimum Gasteiger partial charge on any atom is -0.481 e. The van der Waals surface area contributed by atoms with Gasteiger partial charge in [-0.25, -0.2) is 12.8 Å². The van der Waals surface area contributed by atoms with Crippen molar-refractivity contribution in [1.82, 2.24) is 4.31 Å². The van der Waals surface area contributed by atoms with E-state index in [4.69, 9.17) is 16.7 Å². The summed E-state index contributed by atoms with van der Waals surface area (Å²) >= 11 is 8.62. The highest BCUT2D eigenvalue weighted by molar-refractivity contribution is 8.00. The van der Waals surface area contributed by atoms with E-state index >= 15 is 0 Å². The molecule has 0 aliphatic rings. The van der Waals surface area contributed by atoms with Crippen LogP contribution in [0.2, 0.25) is 5.02 Å². The fourth-order valence-corrected chi connectivity index (χ4v) is 8.91. The number of thioether (sulfide) groups is 1. The number of carboxylic acid groups (broad SMARTS) is 1. The summed E-state index contributed by atoms with van der Waals surface area (Å²) in [5.74, 6) is -1.39. The number of aryl methyl sites for hydroxylation is 3. The van der Waals surface area contributed by atoms with Crippen LogP contribution in [-0.4, -0.2) is 42.1 Å². The first-order valence-corrected chi connectivity index (χ1v) is 14.8. The number of carbonyl (C=O) groups is 1. The zero-order chi connectivity index (χ0) is 25.9. The van der Waals surface area contributed by atoms with Crippen molar-refractivity contribution >= 4 is 60.8 Å². The van der Waals surface area contributed by atoms with E-state index in [1.165, 1.54) is 16.4 Å². The van der Waals surface area contributed by atoms with Crippen LogP contribution in [0.15, 0.2) is 39.4 Å². The third-order valence-corrected chi connectivity index (χ3v) is 10.8. The Morgan fingerprint density at radius 1 is 1.26 bits per heavy atom. The highest BCUT2D eigenvalue weighted by Gasteiger charge is 2.30. The molecule has 1 aromatic heterocycles. The van der Waals surface area contributed by atoms with Crippen molar-refractivity contribution in [3.8, 4) is 0 Å². The lowest BCUT2D eigenvalue weighted by atomic mass is 10.0. The topological polar surface area (TPSA) is 74.7 Å². The van der Waals surface area contributed by atoms with Gasteiger partial charge in [0, 0.05) is 34.4 Å². The minimum atomic E-state index is -3.78. The highest BCUT2D eigenvalue weighted by Crippen LogP contribution is 2.38. The van der Waals surface area contributed by atoms with Crippen LogP contribution >= 0.6 is 34.7 Å². The number of halogens is 2. The Balaban J connectivity index is 1.81. The fraction of sp³-hybridized carbons (Fsp3) is 0.400. The maximum atomic E-state index is 14.0. The van der Waals surface area contributed by atoms with Gasteiger partial charge in [0.05, 0.1) is 5.02 Å². The molecule has 3 rings (SSSR count). The van der Waals surface area contributed by atoms with Gasteiger partial charge in [0.2, 0.25) is 0 Å². The van der Waals surface area contributed by atoms with Gasteiger partial charge in [0.15, 0.2) is 0 Å². The molecule has 2 aromatic carbocycles. The average Bonchev–Trinajstić information content (AvgIpc) is 3.09. The molecule has 0 bridgehead atoms. The van der Waals surface area contributed by atoms with Crippen molar-refractivity contribution < 1.29 is 22.7 Å². The molecule has 0 saturated carbocycles. The van der Waals surface area contributed by atoms with Crippen molar-refractivity contribution in [2.45, 2.75) is 61.3 Å². The van der Waals surface area contributed by atoms with E-state index < -0.39 is 21.8 Å². The minimum absolute atomic E-state index is 0.0255. The van der Waals surface area contributed by atoms with Crippen LogP contribution in [0.4, 0.5) is 4.39 Å². The third kappa shape index (κ3) is 6.57. The van der Waals surface area contributed by atoms with Gasteiger partial charge < -0.3 is 5.11 Å². The van der Waals surface area contributed by atoms with Gasteiger partial charge in [-0.15, -0.1) is 23.1 Å². The lowest BCUT2D eigenvalue weighted by Crippen LogP contribution is -2.36. The van der Waals surface area contributed by atoms with Crippen LogP contribution in [0, 0.1) is 19.7 Å². The molecule has 1 unspecified atom stereocenters. The van der Waals surface area contributed by atoms with E-state index in [1.54, 1.807) is 18.7 Å². The summed E-state index contributed by atoms with van der Waals surface area (Å²) in [7, 11) is -3.78. The number of hydrogen-bond acceptors (Lipinski definition) is 5. The maximum Gasteiger partial charge on any atom is 0.303 e. The quantitative estimate of drug-likeness (QED) is 0.259. The molecule has 3 aromatic rings. The van der Waals surface area contributed by atoms with Crippen molar-refractivity contribution in [2.24, 2.45) is 0 Å². The van der Waals surface area contributed by atoms with Gasteiger partial charge in [0.25, 0.3) is 10.0 Å². The number of fused-ring (bicyclic) bond motifs is 1. The largest absolute Gasteiger partial charge is 0.481 e. The van der Waals surface area contributed by atoms with Crippen molar-refractivity contribution in [3.63, 3.8) is 0 Å². The molecule has 1 atom stereocenters. The van der Waals surface area contributed by atoms with Gasteiger partial charge in [-0.2, -0.15) is 4.31 Å². The van der Waals surface area contributed by atoms with Crippen LogP contribution in [0.25, 0.3) is 10.1 Å². The Morgan fingerprint density at radius 2 is 1.97 bits per heavy atom. The number of carboxylic acids is 1. The molecule has 0 amide bonds. The second kappa shape index (κ2) is 11.6. The Kier molecular flexibility index (Phi) is 9.26. The van der Waals surface area contributed by atoms with E-state index in [-0.39, 0.29) is 20.9 Å². The number of benzene rings is 2. The Morgan fingerprint density at radius 3 is 2.60 bits per heavy atom. The van der Waals surface area contributed by atoms with Crippen LogP contribution in [0.5, 0.6) is 0 Å². The maximum absolute atomic E-state index is 14.0. The molecule has 0 aliphatic heterocycles. The standard InChI is InChI=1S/C25H29ClFNO4S3/c1-5-10-28(14-16(3)33-19-8-6-18(15(2)11-19)7-9-24(29)30)35(31,32)25-17(4)20-12-22(27)21(26)13-23(20)34-25/h6,8,11-13,16H,5,7,9-10,14H2,1-4H3,(H,29,30). The van der Waals surface area contributed by atoms with Crippen LogP contribution in [0.1, 0.15) is 43.4 Å². The van der Waals surface area contributed by atoms with E-state index in [0.717, 1.165) is 27.4 Å². The Bertz CT molecular complexity index is 1340. The number of sulfonamides is 1. The molecular weight excluding hydrogens is 529 g/mol. The highest BCUT2D eigenvalue weighted by atomic mass is 35.5. The Labute approximate surface area is 219 Å². The van der Waals surface area contributed by atoms with Crippen LogP contribution in [-0.2, 0) is 21.2 Å².